The molecule has 0 saturated carbocycles. The van der Waals surface area contributed by atoms with E-state index in [1.54, 1.807) is 6.92 Å². The van der Waals surface area contributed by atoms with Crippen LogP contribution in [-0.4, -0.2) is 60.1 Å². The zero-order chi connectivity index (χ0) is 9.40. The van der Waals surface area contributed by atoms with E-state index < -0.39 is 12.3 Å². The smallest absolute Gasteiger partial charge is 0.361 e. The minimum absolute atomic E-state index is 0. The molecule has 0 heterocycles. The summed E-state index contributed by atoms with van der Waals surface area (Å²) in [6.45, 7) is 4.54. The number of rotatable bonds is 7. The van der Waals surface area contributed by atoms with Crippen LogP contribution in [0.2, 0.25) is 0 Å². The van der Waals surface area contributed by atoms with Gasteiger partial charge in [0.2, 0.25) is 0 Å². The van der Waals surface area contributed by atoms with Crippen molar-refractivity contribution in [1.29, 1.82) is 0 Å². The van der Waals surface area contributed by atoms with E-state index in [1.807, 2.05) is 6.92 Å². The molecule has 1 unspecified atom stereocenters. The molecular weight excluding hydrogens is 183 g/mol. The average Bonchev–Trinajstić information content (AvgIpc) is 2.03. The summed E-state index contributed by atoms with van der Waals surface area (Å²) in [4.78, 5) is 10.4. The number of hydrogen-bond donors (Lipinski definition) is 1. The van der Waals surface area contributed by atoms with E-state index in [9.17, 15) is 4.79 Å². The van der Waals surface area contributed by atoms with E-state index >= 15 is 0 Å². The number of carbonyl (C=O) groups is 1. The Morgan fingerprint density at radius 1 is 1.38 bits per heavy atom. The van der Waals surface area contributed by atoms with E-state index in [0.29, 0.717) is 13.2 Å². The Hall–Kier alpha value is 0.390. The fourth-order valence-corrected chi connectivity index (χ4v) is 0.677. The van der Waals surface area contributed by atoms with Gasteiger partial charge in [-0.25, -0.2) is 4.79 Å². The minimum atomic E-state index is -1.10. The van der Waals surface area contributed by atoms with Gasteiger partial charge in [-0.1, -0.05) is 13.3 Å². The Morgan fingerprint density at radius 3 is 2.38 bits per heavy atom. The molecule has 1 N–H and O–H groups in total. The molecular formula is C8H16NaO4. The van der Waals surface area contributed by atoms with Crippen molar-refractivity contribution < 1.29 is 19.4 Å². The molecule has 73 valence electrons. The quantitative estimate of drug-likeness (QED) is 0.375. The molecule has 0 saturated heterocycles. The molecule has 13 heavy (non-hydrogen) atoms. The van der Waals surface area contributed by atoms with E-state index in [1.165, 1.54) is 0 Å². The van der Waals surface area contributed by atoms with Crippen LogP contribution in [0.5, 0.6) is 0 Å². The van der Waals surface area contributed by atoms with Crippen LogP contribution in [0.4, 0.5) is 0 Å². The first-order valence-corrected chi connectivity index (χ1v) is 4.18. The van der Waals surface area contributed by atoms with Gasteiger partial charge in [0.25, 0.3) is 6.29 Å². The Balaban J connectivity index is 0. The van der Waals surface area contributed by atoms with Gasteiger partial charge in [-0.3, -0.25) is 0 Å². The van der Waals surface area contributed by atoms with Crippen LogP contribution in [0, 0.1) is 0 Å². The molecule has 0 bridgehead atoms. The standard InChI is InChI=1S/C8H16O4.Na/c1-3-5-6-12-8(7(9)10)11-4-2;/h8H,3-6H2,1-2H3,(H,9,10);. The fourth-order valence-electron chi connectivity index (χ4n) is 0.677. The van der Waals surface area contributed by atoms with Crippen molar-refractivity contribution in [2.75, 3.05) is 13.2 Å². The molecule has 0 aliphatic rings. The third-order valence-electron chi connectivity index (χ3n) is 1.29. The molecule has 0 aliphatic heterocycles. The second kappa shape index (κ2) is 10.5. The maximum Gasteiger partial charge on any atom is 0.361 e. The number of ether oxygens (including phenoxy) is 2. The van der Waals surface area contributed by atoms with Crippen LogP contribution in [0.15, 0.2) is 0 Å². The van der Waals surface area contributed by atoms with Gasteiger partial charge in [0, 0.05) is 36.2 Å². The van der Waals surface area contributed by atoms with Crippen molar-refractivity contribution in [2.24, 2.45) is 0 Å². The first-order chi connectivity index (χ1) is 5.72. The summed E-state index contributed by atoms with van der Waals surface area (Å²) < 4.78 is 9.79. The van der Waals surface area contributed by atoms with E-state index in [0.717, 1.165) is 12.8 Å². The third-order valence-corrected chi connectivity index (χ3v) is 1.29. The summed E-state index contributed by atoms with van der Waals surface area (Å²) in [5.74, 6) is -1.06. The van der Waals surface area contributed by atoms with E-state index in [-0.39, 0.29) is 29.6 Å². The number of hydrogen-bond acceptors (Lipinski definition) is 3. The van der Waals surface area contributed by atoms with Crippen molar-refractivity contribution in [3.05, 3.63) is 0 Å². The van der Waals surface area contributed by atoms with Crippen LogP contribution < -0.4 is 0 Å². The third kappa shape index (κ3) is 8.71. The molecule has 0 aromatic heterocycles. The summed E-state index contributed by atoms with van der Waals surface area (Å²) in [6.07, 6.45) is 0.747. The molecule has 0 aromatic carbocycles. The maximum absolute atomic E-state index is 10.4. The molecule has 0 aromatic rings. The first kappa shape index (κ1) is 15.8. The molecule has 0 spiro atoms. The van der Waals surface area contributed by atoms with Crippen molar-refractivity contribution in [2.45, 2.75) is 33.0 Å². The van der Waals surface area contributed by atoms with Crippen LogP contribution in [0.1, 0.15) is 26.7 Å². The summed E-state index contributed by atoms with van der Waals surface area (Å²) in [7, 11) is 0. The van der Waals surface area contributed by atoms with Crippen molar-refractivity contribution >= 4 is 35.5 Å². The molecule has 1 radical (unpaired) electrons. The van der Waals surface area contributed by atoms with Gasteiger partial charge in [0.15, 0.2) is 0 Å². The van der Waals surface area contributed by atoms with Crippen LogP contribution >= 0.6 is 0 Å². The zero-order valence-electron chi connectivity index (χ0n) is 8.58. The average molecular weight is 199 g/mol. The van der Waals surface area contributed by atoms with Crippen LogP contribution in [0.25, 0.3) is 0 Å². The Kier molecular flexibility index (Phi) is 12.8. The van der Waals surface area contributed by atoms with Gasteiger partial charge in [0.1, 0.15) is 0 Å². The van der Waals surface area contributed by atoms with Gasteiger partial charge in [0.05, 0.1) is 6.61 Å². The SMILES string of the molecule is CCCCOC(OCC)C(=O)O.[Na]. The summed E-state index contributed by atoms with van der Waals surface area (Å²) in [6, 6.07) is 0. The van der Waals surface area contributed by atoms with Gasteiger partial charge < -0.3 is 14.6 Å². The zero-order valence-corrected chi connectivity index (χ0v) is 10.6. The van der Waals surface area contributed by atoms with Crippen molar-refractivity contribution in [1.82, 2.24) is 0 Å². The molecule has 0 rings (SSSR count). The first-order valence-electron chi connectivity index (χ1n) is 4.18. The molecule has 0 amide bonds. The topological polar surface area (TPSA) is 55.8 Å². The van der Waals surface area contributed by atoms with Crippen LogP contribution in [-0.2, 0) is 14.3 Å². The molecule has 1 atom stereocenters. The van der Waals surface area contributed by atoms with Crippen molar-refractivity contribution in [3.8, 4) is 0 Å². The fraction of sp³-hybridized carbons (Fsp3) is 0.875. The monoisotopic (exact) mass is 199 g/mol. The molecule has 0 aliphatic carbocycles. The van der Waals surface area contributed by atoms with E-state index in [4.69, 9.17) is 14.6 Å². The number of unbranched alkanes of at least 4 members (excludes halogenated alkanes) is 1. The van der Waals surface area contributed by atoms with Gasteiger partial charge in [-0.05, 0) is 13.3 Å². The van der Waals surface area contributed by atoms with Gasteiger partial charge >= 0.3 is 5.97 Å². The molecule has 5 heteroatoms. The number of carboxylic acids is 1. The summed E-state index contributed by atoms with van der Waals surface area (Å²) >= 11 is 0. The predicted octanol–water partition coefficient (Wildman–Crippen LogP) is 0.870. The second-order valence-corrected chi connectivity index (χ2v) is 2.35. The summed E-state index contributed by atoms with van der Waals surface area (Å²) in [5.41, 5.74) is 0. The Labute approximate surface area is 101 Å². The maximum atomic E-state index is 10.4. The van der Waals surface area contributed by atoms with Gasteiger partial charge in [-0.2, -0.15) is 0 Å². The summed E-state index contributed by atoms with van der Waals surface area (Å²) in [5, 5.41) is 8.55. The van der Waals surface area contributed by atoms with Crippen molar-refractivity contribution in [3.63, 3.8) is 0 Å². The Morgan fingerprint density at radius 2 is 2.00 bits per heavy atom. The van der Waals surface area contributed by atoms with Crippen LogP contribution in [0.3, 0.4) is 0 Å². The predicted molar refractivity (Wildman–Crippen MR) is 49.7 cm³/mol. The Bertz CT molecular complexity index is 129. The molecule has 0 fully saturated rings. The minimum Gasteiger partial charge on any atom is -0.477 e. The van der Waals surface area contributed by atoms with Gasteiger partial charge in [-0.15, -0.1) is 0 Å². The normalized spacial score (nSPS) is 11.8. The number of aliphatic carboxylic acids is 1. The number of carboxylic acid groups (broad SMARTS) is 1. The largest absolute Gasteiger partial charge is 0.477 e. The molecule has 4 nitrogen and oxygen atoms in total. The van der Waals surface area contributed by atoms with E-state index in [2.05, 4.69) is 0 Å². The second-order valence-electron chi connectivity index (χ2n) is 2.35.